The van der Waals surface area contributed by atoms with Gasteiger partial charge in [0.25, 0.3) is 0 Å². The summed E-state index contributed by atoms with van der Waals surface area (Å²) in [5.74, 6) is -1.11. The van der Waals surface area contributed by atoms with Crippen LogP contribution >= 0.6 is 0 Å². The van der Waals surface area contributed by atoms with Crippen LogP contribution in [0.15, 0.2) is 30.3 Å². The van der Waals surface area contributed by atoms with E-state index in [1.165, 1.54) is 0 Å². The summed E-state index contributed by atoms with van der Waals surface area (Å²) in [6.07, 6.45) is -1.27. The Morgan fingerprint density at radius 2 is 1.62 bits per heavy atom. The smallest absolute Gasteiger partial charge is 0.125 e. The molecule has 0 saturated heterocycles. The largest absolute Gasteiger partial charge is 0.847 e. The average molecular weight is 171 g/mol. The molecule has 13 heavy (non-hydrogen) atoms. The molecule has 1 aromatic carbocycles. The third-order valence-corrected chi connectivity index (χ3v) is 1.71. The van der Waals surface area contributed by atoms with Crippen LogP contribution in [0.1, 0.15) is 11.7 Å². The molecular formula is C10H7N2O-. The summed E-state index contributed by atoms with van der Waals surface area (Å²) >= 11 is 0. The third kappa shape index (κ3) is 2.05. The molecule has 3 heteroatoms. The molecule has 0 aromatic heterocycles. The van der Waals surface area contributed by atoms with Crippen LogP contribution in [0, 0.1) is 28.6 Å². The first kappa shape index (κ1) is 9.25. The molecule has 1 rings (SSSR count). The van der Waals surface area contributed by atoms with Crippen molar-refractivity contribution in [3.8, 4) is 12.1 Å². The molecule has 0 amide bonds. The quantitative estimate of drug-likeness (QED) is 0.659. The van der Waals surface area contributed by atoms with E-state index in [4.69, 9.17) is 10.5 Å². The van der Waals surface area contributed by atoms with E-state index in [9.17, 15) is 5.11 Å². The van der Waals surface area contributed by atoms with Crippen LogP contribution in [0.2, 0.25) is 0 Å². The van der Waals surface area contributed by atoms with Gasteiger partial charge in [0.05, 0.1) is 12.1 Å². The van der Waals surface area contributed by atoms with Gasteiger partial charge >= 0.3 is 0 Å². The van der Waals surface area contributed by atoms with Crippen LogP contribution in [0.4, 0.5) is 0 Å². The van der Waals surface area contributed by atoms with Crippen LogP contribution in [0.3, 0.4) is 0 Å². The molecule has 0 N–H and O–H groups in total. The summed E-state index contributed by atoms with van der Waals surface area (Å²) in [7, 11) is 0. The van der Waals surface area contributed by atoms with Gasteiger partial charge in [-0.3, -0.25) is 0 Å². The average Bonchev–Trinajstić information content (AvgIpc) is 2.21. The Kier molecular flexibility index (Phi) is 3.03. The van der Waals surface area contributed by atoms with Crippen LogP contribution in [0.25, 0.3) is 0 Å². The fraction of sp³-hybridized carbons (Fsp3) is 0.200. The van der Waals surface area contributed by atoms with Crippen molar-refractivity contribution in [1.29, 1.82) is 10.5 Å². The molecule has 0 bridgehead atoms. The van der Waals surface area contributed by atoms with Crippen molar-refractivity contribution in [3.05, 3.63) is 35.9 Å². The molecule has 3 nitrogen and oxygen atoms in total. The van der Waals surface area contributed by atoms with Crippen molar-refractivity contribution in [1.82, 2.24) is 0 Å². The zero-order valence-electron chi connectivity index (χ0n) is 6.84. The van der Waals surface area contributed by atoms with Gasteiger partial charge in [0.15, 0.2) is 0 Å². The second-order valence-electron chi connectivity index (χ2n) is 2.57. The van der Waals surface area contributed by atoms with Crippen LogP contribution in [-0.2, 0) is 0 Å². The van der Waals surface area contributed by atoms with Crippen molar-refractivity contribution < 1.29 is 5.11 Å². The first-order valence-electron chi connectivity index (χ1n) is 3.79. The lowest BCUT2D eigenvalue weighted by Crippen LogP contribution is -2.22. The minimum Gasteiger partial charge on any atom is -0.847 e. The fourth-order valence-electron chi connectivity index (χ4n) is 0.999. The van der Waals surface area contributed by atoms with E-state index < -0.39 is 12.0 Å². The van der Waals surface area contributed by atoms with E-state index in [0.717, 1.165) is 0 Å². The van der Waals surface area contributed by atoms with Gasteiger partial charge in [0, 0.05) is 0 Å². The molecule has 0 aliphatic rings. The van der Waals surface area contributed by atoms with Crippen molar-refractivity contribution in [2.24, 2.45) is 5.92 Å². The molecule has 1 unspecified atom stereocenters. The Hall–Kier alpha value is -1.84. The Balaban J connectivity index is 2.87. The van der Waals surface area contributed by atoms with E-state index >= 15 is 0 Å². The predicted octanol–water partition coefficient (Wildman–Crippen LogP) is 0.751. The van der Waals surface area contributed by atoms with Crippen LogP contribution < -0.4 is 5.11 Å². The summed E-state index contributed by atoms with van der Waals surface area (Å²) in [4.78, 5) is 0. The normalized spacial score (nSPS) is 11.7. The standard InChI is InChI=1S/C10H7N2O/c11-6-9(7-12)10(13)8-4-2-1-3-5-8/h1-5,9-10H/q-1. The molecule has 1 aromatic rings. The molecule has 0 fully saturated rings. The van der Waals surface area contributed by atoms with Gasteiger partial charge in [0.1, 0.15) is 5.92 Å². The van der Waals surface area contributed by atoms with E-state index in [1.54, 1.807) is 42.5 Å². The summed E-state index contributed by atoms with van der Waals surface area (Å²) in [6, 6.07) is 11.8. The third-order valence-electron chi connectivity index (χ3n) is 1.71. The minimum absolute atomic E-state index is 0.482. The molecular weight excluding hydrogens is 164 g/mol. The van der Waals surface area contributed by atoms with E-state index in [2.05, 4.69) is 0 Å². The molecule has 0 radical (unpaired) electrons. The lowest BCUT2D eigenvalue weighted by Gasteiger charge is -2.22. The molecule has 0 aliphatic heterocycles. The highest BCUT2D eigenvalue weighted by atomic mass is 16.3. The molecule has 0 saturated carbocycles. The number of hydrogen-bond donors (Lipinski definition) is 0. The van der Waals surface area contributed by atoms with Crippen LogP contribution in [0.5, 0.6) is 0 Å². The minimum atomic E-state index is -1.27. The van der Waals surface area contributed by atoms with Gasteiger partial charge in [-0.1, -0.05) is 42.0 Å². The summed E-state index contributed by atoms with van der Waals surface area (Å²) in [6.45, 7) is 0. The maximum absolute atomic E-state index is 11.4. The molecule has 0 spiro atoms. The van der Waals surface area contributed by atoms with E-state index in [-0.39, 0.29) is 0 Å². The summed E-state index contributed by atoms with van der Waals surface area (Å²) < 4.78 is 0. The zero-order chi connectivity index (χ0) is 9.68. The van der Waals surface area contributed by atoms with Crippen LogP contribution in [-0.4, -0.2) is 0 Å². The lowest BCUT2D eigenvalue weighted by molar-refractivity contribution is -0.432. The van der Waals surface area contributed by atoms with Gasteiger partial charge in [-0.25, -0.2) is 0 Å². The maximum atomic E-state index is 11.4. The first-order chi connectivity index (χ1) is 6.29. The highest BCUT2D eigenvalue weighted by Gasteiger charge is 2.10. The lowest BCUT2D eigenvalue weighted by atomic mass is 9.98. The Morgan fingerprint density at radius 3 is 2.08 bits per heavy atom. The Labute approximate surface area is 76.5 Å². The summed E-state index contributed by atoms with van der Waals surface area (Å²) in [5, 5.41) is 28.4. The topological polar surface area (TPSA) is 70.6 Å². The highest BCUT2D eigenvalue weighted by molar-refractivity contribution is 5.21. The molecule has 64 valence electrons. The number of nitrogens with zero attached hydrogens (tertiary/aromatic N) is 2. The maximum Gasteiger partial charge on any atom is 0.125 e. The van der Waals surface area contributed by atoms with E-state index in [1.807, 2.05) is 0 Å². The number of hydrogen-bond acceptors (Lipinski definition) is 3. The Morgan fingerprint density at radius 1 is 1.08 bits per heavy atom. The molecule has 1 atom stereocenters. The highest BCUT2D eigenvalue weighted by Crippen LogP contribution is 2.17. The number of benzene rings is 1. The van der Waals surface area contributed by atoms with Gasteiger partial charge in [0.2, 0.25) is 0 Å². The van der Waals surface area contributed by atoms with Gasteiger partial charge in [-0.2, -0.15) is 10.5 Å². The zero-order valence-corrected chi connectivity index (χ0v) is 6.84. The Bertz CT molecular complexity index is 333. The number of rotatable bonds is 2. The van der Waals surface area contributed by atoms with Crippen molar-refractivity contribution >= 4 is 0 Å². The second kappa shape index (κ2) is 4.25. The van der Waals surface area contributed by atoms with Gasteiger partial charge in [-0.15, -0.1) is 0 Å². The first-order valence-corrected chi connectivity index (χ1v) is 3.79. The fourth-order valence-corrected chi connectivity index (χ4v) is 0.999. The monoisotopic (exact) mass is 171 g/mol. The van der Waals surface area contributed by atoms with Gasteiger partial charge in [-0.05, 0) is 0 Å². The van der Waals surface area contributed by atoms with Crippen molar-refractivity contribution in [3.63, 3.8) is 0 Å². The SMILES string of the molecule is N#CC(C#N)C([O-])c1ccccc1. The predicted molar refractivity (Wildman–Crippen MR) is 43.9 cm³/mol. The van der Waals surface area contributed by atoms with Crippen molar-refractivity contribution in [2.45, 2.75) is 6.10 Å². The molecule has 0 aliphatic carbocycles. The molecule has 0 heterocycles. The summed E-state index contributed by atoms with van der Waals surface area (Å²) in [5.41, 5.74) is 0.482. The van der Waals surface area contributed by atoms with Gasteiger partial charge < -0.3 is 5.11 Å². The number of nitriles is 2. The van der Waals surface area contributed by atoms with E-state index in [0.29, 0.717) is 5.56 Å². The van der Waals surface area contributed by atoms with Crippen molar-refractivity contribution in [2.75, 3.05) is 0 Å². The second-order valence-corrected chi connectivity index (χ2v) is 2.57.